The minimum Gasteiger partial charge on any atom is -0.445 e. The highest BCUT2D eigenvalue weighted by molar-refractivity contribution is 5.79. The molecule has 0 unspecified atom stereocenters. The molecule has 0 spiro atoms. The Morgan fingerprint density at radius 1 is 1.22 bits per heavy atom. The fraction of sp³-hybridized carbons (Fsp3) is 0.385. The van der Waals surface area contributed by atoms with Gasteiger partial charge in [-0.2, -0.15) is 0 Å². The highest BCUT2D eigenvalue weighted by atomic mass is 16.5. The number of alkyl carbamates (subject to hydrolysis) is 1. The van der Waals surface area contributed by atoms with Crippen LogP contribution in [0, 0.1) is 5.92 Å². The third kappa shape index (κ3) is 4.45. The number of hydrogen-bond acceptors (Lipinski definition) is 3. The van der Waals surface area contributed by atoms with Gasteiger partial charge in [0, 0.05) is 0 Å². The standard InChI is InChI=1S/C13H16NO4/c1-9(2)11(12(15)16)14-13(17)18-8-10-6-4-3-5-7-10/h3-7,9,11H,8H2,1-2H3,(H,14,17)/t11-/m0/s1. The van der Waals surface area contributed by atoms with Crippen LogP contribution in [0.5, 0.6) is 0 Å². The zero-order valence-electron chi connectivity index (χ0n) is 10.4. The molecule has 0 fully saturated rings. The Morgan fingerprint density at radius 3 is 2.33 bits per heavy atom. The zero-order chi connectivity index (χ0) is 13.5. The molecular weight excluding hydrogens is 234 g/mol. The summed E-state index contributed by atoms with van der Waals surface area (Å²) in [7, 11) is 0. The fourth-order valence-electron chi connectivity index (χ4n) is 1.39. The van der Waals surface area contributed by atoms with Crippen LogP contribution in [0.3, 0.4) is 0 Å². The second kappa shape index (κ2) is 6.64. The maximum atomic E-state index is 11.4. The molecule has 1 aromatic rings. The normalized spacial score (nSPS) is 11.9. The van der Waals surface area contributed by atoms with Crippen LogP contribution >= 0.6 is 0 Å². The Hall–Kier alpha value is -2.04. The van der Waals surface area contributed by atoms with Gasteiger partial charge in [-0.3, -0.25) is 0 Å². The van der Waals surface area contributed by atoms with Gasteiger partial charge in [-0.1, -0.05) is 44.2 Å². The first-order valence-corrected chi connectivity index (χ1v) is 5.68. The smallest absolute Gasteiger partial charge is 0.408 e. The van der Waals surface area contributed by atoms with E-state index in [2.05, 4.69) is 5.32 Å². The molecule has 0 saturated carbocycles. The second-order valence-corrected chi connectivity index (χ2v) is 4.25. The summed E-state index contributed by atoms with van der Waals surface area (Å²) in [5.74, 6) is -1.58. The van der Waals surface area contributed by atoms with E-state index in [-0.39, 0.29) is 12.5 Å². The van der Waals surface area contributed by atoms with Crippen molar-refractivity contribution >= 4 is 12.1 Å². The fourth-order valence-corrected chi connectivity index (χ4v) is 1.39. The molecule has 0 bridgehead atoms. The summed E-state index contributed by atoms with van der Waals surface area (Å²) in [5.41, 5.74) is 0.835. The third-order valence-electron chi connectivity index (χ3n) is 2.41. The van der Waals surface area contributed by atoms with Crippen LogP contribution in [-0.4, -0.2) is 18.1 Å². The van der Waals surface area contributed by atoms with E-state index in [1.165, 1.54) is 0 Å². The lowest BCUT2D eigenvalue weighted by Crippen LogP contribution is -2.44. The Labute approximate surface area is 106 Å². The van der Waals surface area contributed by atoms with E-state index < -0.39 is 18.1 Å². The van der Waals surface area contributed by atoms with Gasteiger partial charge in [-0.15, -0.1) is 0 Å². The lowest BCUT2D eigenvalue weighted by atomic mass is 10.1. The molecule has 0 aromatic heterocycles. The van der Waals surface area contributed by atoms with Crippen LogP contribution in [0.2, 0.25) is 0 Å². The zero-order valence-corrected chi connectivity index (χ0v) is 10.4. The van der Waals surface area contributed by atoms with Crippen LogP contribution in [0.4, 0.5) is 4.79 Å². The van der Waals surface area contributed by atoms with Crippen molar-refractivity contribution in [2.24, 2.45) is 5.92 Å². The summed E-state index contributed by atoms with van der Waals surface area (Å²) in [6.07, 6.45) is -0.762. The predicted molar refractivity (Wildman–Crippen MR) is 64.1 cm³/mol. The average molecular weight is 250 g/mol. The minimum atomic E-state index is -1.32. The summed E-state index contributed by atoms with van der Waals surface area (Å²) < 4.78 is 4.92. The van der Waals surface area contributed by atoms with Crippen molar-refractivity contribution < 1.29 is 19.4 Å². The third-order valence-corrected chi connectivity index (χ3v) is 2.41. The molecule has 0 saturated heterocycles. The summed E-state index contributed by atoms with van der Waals surface area (Å²) in [6, 6.07) is 8.09. The first kappa shape index (κ1) is 14.0. The number of nitrogens with one attached hydrogen (secondary N) is 1. The first-order valence-electron chi connectivity index (χ1n) is 5.68. The molecule has 97 valence electrons. The molecule has 0 aliphatic heterocycles. The predicted octanol–water partition coefficient (Wildman–Crippen LogP) is 1.89. The molecular formula is C13H16NO4. The van der Waals surface area contributed by atoms with Crippen LogP contribution < -0.4 is 5.32 Å². The van der Waals surface area contributed by atoms with E-state index in [4.69, 9.17) is 4.74 Å². The highest BCUT2D eigenvalue weighted by Gasteiger charge is 2.25. The van der Waals surface area contributed by atoms with Crippen molar-refractivity contribution in [1.82, 2.24) is 5.32 Å². The molecule has 1 N–H and O–H groups in total. The topological polar surface area (TPSA) is 75.3 Å². The largest absolute Gasteiger partial charge is 0.445 e. The molecule has 1 aromatic carbocycles. The molecule has 0 aliphatic rings. The van der Waals surface area contributed by atoms with Gasteiger partial charge >= 0.3 is 12.1 Å². The SMILES string of the molecule is CC(C)[C@H](NC(=O)OCc1ccccc1)C([O])=O. The van der Waals surface area contributed by atoms with Gasteiger partial charge in [-0.25, -0.2) is 14.7 Å². The van der Waals surface area contributed by atoms with Gasteiger partial charge in [0.25, 0.3) is 0 Å². The van der Waals surface area contributed by atoms with E-state index >= 15 is 0 Å². The quantitative estimate of drug-likeness (QED) is 0.867. The van der Waals surface area contributed by atoms with Crippen LogP contribution in [0.1, 0.15) is 19.4 Å². The van der Waals surface area contributed by atoms with E-state index in [9.17, 15) is 14.7 Å². The van der Waals surface area contributed by atoms with Crippen molar-refractivity contribution in [3.63, 3.8) is 0 Å². The molecule has 1 radical (unpaired) electrons. The molecule has 1 rings (SSSR count). The van der Waals surface area contributed by atoms with Crippen LogP contribution in [-0.2, 0) is 21.2 Å². The maximum Gasteiger partial charge on any atom is 0.408 e. The summed E-state index contributed by atoms with van der Waals surface area (Å²) in [5, 5.41) is 13.0. The molecule has 0 aliphatic carbocycles. The maximum absolute atomic E-state index is 11.4. The van der Waals surface area contributed by atoms with E-state index in [1.807, 2.05) is 30.3 Å². The van der Waals surface area contributed by atoms with Gasteiger partial charge in [0.1, 0.15) is 12.6 Å². The first-order chi connectivity index (χ1) is 8.50. The lowest BCUT2D eigenvalue weighted by Gasteiger charge is -2.16. The number of rotatable bonds is 5. The molecule has 1 atom stereocenters. The van der Waals surface area contributed by atoms with Gasteiger partial charge in [-0.05, 0) is 11.5 Å². The Morgan fingerprint density at radius 2 is 1.83 bits per heavy atom. The number of carbonyl (C=O) groups is 2. The van der Waals surface area contributed by atoms with Crippen molar-refractivity contribution in [2.75, 3.05) is 0 Å². The highest BCUT2D eigenvalue weighted by Crippen LogP contribution is 2.04. The second-order valence-electron chi connectivity index (χ2n) is 4.25. The number of carbonyl (C=O) groups excluding carboxylic acids is 2. The van der Waals surface area contributed by atoms with Crippen molar-refractivity contribution in [3.8, 4) is 0 Å². The van der Waals surface area contributed by atoms with Crippen LogP contribution in [0.25, 0.3) is 0 Å². The molecule has 1 amide bonds. The van der Waals surface area contributed by atoms with Crippen molar-refractivity contribution in [1.29, 1.82) is 0 Å². The monoisotopic (exact) mass is 250 g/mol. The number of hydrogen-bond donors (Lipinski definition) is 1. The minimum absolute atomic E-state index is 0.102. The summed E-state index contributed by atoms with van der Waals surface area (Å²) in [4.78, 5) is 22.2. The molecule has 0 heterocycles. The summed E-state index contributed by atoms with van der Waals surface area (Å²) in [6.45, 7) is 3.46. The van der Waals surface area contributed by atoms with Gasteiger partial charge in [0.15, 0.2) is 0 Å². The Balaban J connectivity index is 2.44. The van der Waals surface area contributed by atoms with Crippen LogP contribution in [0.15, 0.2) is 30.3 Å². The van der Waals surface area contributed by atoms with Crippen molar-refractivity contribution in [3.05, 3.63) is 35.9 Å². The van der Waals surface area contributed by atoms with E-state index in [0.717, 1.165) is 5.56 Å². The van der Waals surface area contributed by atoms with Gasteiger partial charge < -0.3 is 10.1 Å². The number of ether oxygens (including phenoxy) is 1. The molecule has 5 nitrogen and oxygen atoms in total. The molecule has 18 heavy (non-hydrogen) atoms. The molecule has 5 heteroatoms. The van der Waals surface area contributed by atoms with Crippen molar-refractivity contribution in [2.45, 2.75) is 26.5 Å². The van der Waals surface area contributed by atoms with E-state index in [1.54, 1.807) is 13.8 Å². The summed E-state index contributed by atoms with van der Waals surface area (Å²) >= 11 is 0. The Kier molecular flexibility index (Phi) is 5.17. The number of benzene rings is 1. The number of amides is 1. The van der Waals surface area contributed by atoms with Gasteiger partial charge in [0.05, 0.1) is 0 Å². The Bertz CT molecular complexity index is 403. The van der Waals surface area contributed by atoms with Gasteiger partial charge in [0.2, 0.25) is 0 Å². The lowest BCUT2D eigenvalue weighted by molar-refractivity contribution is -0.146. The van der Waals surface area contributed by atoms with E-state index in [0.29, 0.717) is 0 Å². The average Bonchev–Trinajstić information content (AvgIpc) is 2.34.